The first-order valence-electron chi connectivity index (χ1n) is 5.28. The molecule has 0 aliphatic rings. The van der Waals surface area contributed by atoms with E-state index in [1.54, 1.807) is 0 Å². The third-order valence-electron chi connectivity index (χ3n) is 2.41. The summed E-state index contributed by atoms with van der Waals surface area (Å²) in [5, 5.41) is 17.4. The van der Waals surface area contributed by atoms with Crippen molar-refractivity contribution in [3.8, 4) is 0 Å². The van der Waals surface area contributed by atoms with Crippen LogP contribution >= 0.6 is 0 Å². The highest BCUT2D eigenvalue weighted by Crippen LogP contribution is 2.20. The van der Waals surface area contributed by atoms with Crippen molar-refractivity contribution in [3.63, 3.8) is 0 Å². The van der Waals surface area contributed by atoms with Crippen molar-refractivity contribution in [2.45, 2.75) is 13.3 Å². The van der Waals surface area contributed by atoms with Crippen molar-refractivity contribution in [2.24, 2.45) is 0 Å². The number of rotatable bonds is 6. The van der Waals surface area contributed by atoms with Gasteiger partial charge in [-0.15, -0.1) is 0 Å². The maximum atomic E-state index is 11.6. The Labute approximate surface area is 109 Å². The zero-order valence-corrected chi connectivity index (χ0v) is 10.9. The number of nitrogens with one attached hydrogen (secondary N) is 1. The Morgan fingerprint density at radius 2 is 1.89 bits per heavy atom. The molecule has 0 aliphatic heterocycles. The number of anilines is 1. The van der Waals surface area contributed by atoms with E-state index in [4.69, 9.17) is 10.2 Å². The van der Waals surface area contributed by atoms with Crippen LogP contribution < -0.4 is 4.72 Å². The Morgan fingerprint density at radius 1 is 1.26 bits per heavy atom. The van der Waals surface area contributed by atoms with Gasteiger partial charge in [0, 0.05) is 0 Å². The second-order valence-electron chi connectivity index (χ2n) is 3.85. The average Bonchev–Trinajstić information content (AvgIpc) is 2.29. The second-order valence-corrected chi connectivity index (χ2v) is 5.69. The molecular formula is C11H13NO6S. The maximum Gasteiger partial charge on any atom is 0.336 e. The van der Waals surface area contributed by atoms with Gasteiger partial charge in [-0.25, -0.2) is 13.2 Å². The van der Waals surface area contributed by atoms with E-state index < -0.39 is 34.1 Å². The molecule has 0 saturated carbocycles. The predicted octanol–water partition coefficient (Wildman–Crippen LogP) is 0.910. The molecule has 0 saturated heterocycles. The van der Waals surface area contributed by atoms with Gasteiger partial charge in [-0.05, 0) is 24.6 Å². The van der Waals surface area contributed by atoms with Crippen LogP contribution in [0.3, 0.4) is 0 Å². The van der Waals surface area contributed by atoms with E-state index in [0.717, 1.165) is 0 Å². The molecule has 0 radical (unpaired) electrons. The molecule has 1 aromatic carbocycles. The Kier molecular flexibility index (Phi) is 4.49. The van der Waals surface area contributed by atoms with Crippen molar-refractivity contribution in [2.75, 3.05) is 10.5 Å². The minimum absolute atomic E-state index is 0.0153. The summed E-state index contributed by atoms with van der Waals surface area (Å²) in [6.07, 6.45) is -0.521. The lowest BCUT2D eigenvalue weighted by atomic mass is 10.1. The summed E-state index contributed by atoms with van der Waals surface area (Å²) in [6.45, 7) is 1.47. The van der Waals surface area contributed by atoms with Gasteiger partial charge in [0.15, 0.2) is 0 Å². The number of aliphatic carboxylic acids is 1. The zero-order chi connectivity index (χ0) is 14.6. The summed E-state index contributed by atoms with van der Waals surface area (Å²) in [6, 6.07) is 4.18. The largest absolute Gasteiger partial charge is 0.481 e. The normalized spacial score (nSPS) is 11.0. The molecule has 7 nitrogen and oxygen atoms in total. The topological polar surface area (TPSA) is 121 Å². The van der Waals surface area contributed by atoms with Gasteiger partial charge in [-0.3, -0.25) is 9.52 Å². The van der Waals surface area contributed by atoms with E-state index >= 15 is 0 Å². The summed E-state index contributed by atoms with van der Waals surface area (Å²) in [5.74, 6) is -2.95. The van der Waals surface area contributed by atoms with E-state index in [0.29, 0.717) is 0 Å². The van der Waals surface area contributed by atoms with Gasteiger partial charge in [0.2, 0.25) is 10.0 Å². The van der Waals surface area contributed by atoms with Gasteiger partial charge in [-0.2, -0.15) is 0 Å². The first-order chi connectivity index (χ1) is 8.73. The molecule has 0 aliphatic carbocycles. The molecule has 1 aromatic rings. The van der Waals surface area contributed by atoms with Gasteiger partial charge in [-0.1, -0.05) is 6.07 Å². The highest BCUT2D eigenvalue weighted by Gasteiger charge is 2.16. The van der Waals surface area contributed by atoms with Crippen molar-refractivity contribution < 1.29 is 28.2 Å². The van der Waals surface area contributed by atoms with Crippen LogP contribution in [0, 0.1) is 6.92 Å². The van der Waals surface area contributed by atoms with E-state index in [9.17, 15) is 18.0 Å². The number of carbonyl (C=O) groups is 2. The minimum atomic E-state index is -3.82. The number of hydrogen-bond donors (Lipinski definition) is 3. The molecule has 0 amide bonds. The molecule has 0 atom stereocenters. The highest BCUT2D eigenvalue weighted by atomic mass is 32.2. The Bertz CT molecular complexity index is 608. The molecule has 0 heterocycles. The molecule has 0 unspecified atom stereocenters. The average molecular weight is 287 g/mol. The Balaban J connectivity index is 2.97. The molecule has 19 heavy (non-hydrogen) atoms. The molecule has 8 heteroatoms. The third kappa shape index (κ3) is 4.25. The van der Waals surface area contributed by atoms with Gasteiger partial charge in [0.1, 0.15) is 0 Å². The number of benzene rings is 1. The smallest absolute Gasteiger partial charge is 0.336 e. The lowest BCUT2D eigenvalue weighted by Gasteiger charge is -2.11. The number of aromatic carboxylic acids is 1. The van der Waals surface area contributed by atoms with Gasteiger partial charge in [0.05, 0.1) is 23.4 Å². The number of carboxylic acid groups (broad SMARTS) is 2. The molecule has 0 bridgehead atoms. The molecule has 0 aromatic heterocycles. The molecule has 3 N–H and O–H groups in total. The number of carboxylic acids is 2. The molecule has 0 spiro atoms. The predicted molar refractivity (Wildman–Crippen MR) is 67.8 cm³/mol. The SMILES string of the molecule is Cc1c(NS(=O)(=O)CCC(=O)O)cccc1C(=O)O. The van der Waals surface area contributed by atoms with Crippen molar-refractivity contribution in [1.82, 2.24) is 0 Å². The lowest BCUT2D eigenvalue weighted by Crippen LogP contribution is -2.20. The van der Waals surface area contributed by atoms with E-state index in [1.165, 1.54) is 25.1 Å². The third-order valence-corrected chi connectivity index (χ3v) is 3.69. The van der Waals surface area contributed by atoms with E-state index in [-0.39, 0.29) is 16.8 Å². The van der Waals surface area contributed by atoms with Crippen LogP contribution in [-0.4, -0.2) is 36.3 Å². The zero-order valence-electron chi connectivity index (χ0n) is 10.1. The Morgan fingerprint density at radius 3 is 2.42 bits per heavy atom. The first-order valence-corrected chi connectivity index (χ1v) is 6.93. The van der Waals surface area contributed by atoms with Gasteiger partial charge < -0.3 is 10.2 Å². The second kappa shape index (κ2) is 5.70. The molecule has 0 fully saturated rings. The van der Waals surface area contributed by atoms with Gasteiger partial charge >= 0.3 is 11.9 Å². The minimum Gasteiger partial charge on any atom is -0.481 e. The van der Waals surface area contributed by atoms with Crippen LogP contribution in [0.4, 0.5) is 5.69 Å². The van der Waals surface area contributed by atoms with Crippen molar-refractivity contribution in [1.29, 1.82) is 0 Å². The maximum absolute atomic E-state index is 11.6. The highest BCUT2D eigenvalue weighted by molar-refractivity contribution is 7.92. The Hall–Kier alpha value is -2.09. The van der Waals surface area contributed by atoms with Crippen molar-refractivity contribution in [3.05, 3.63) is 29.3 Å². The van der Waals surface area contributed by atoms with Gasteiger partial charge in [0.25, 0.3) is 0 Å². The van der Waals surface area contributed by atoms with E-state index in [1.807, 2.05) is 0 Å². The standard InChI is InChI=1S/C11H13NO6S/c1-7-8(11(15)16)3-2-4-9(7)12-19(17,18)6-5-10(13)14/h2-4,12H,5-6H2,1H3,(H,13,14)(H,15,16). The summed E-state index contributed by atoms with van der Waals surface area (Å²) in [7, 11) is -3.82. The molecule has 104 valence electrons. The summed E-state index contributed by atoms with van der Waals surface area (Å²) in [5.41, 5.74) is 0.387. The van der Waals surface area contributed by atoms with Crippen LogP contribution in [0.1, 0.15) is 22.3 Å². The fourth-order valence-corrected chi connectivity index (χ4v) is 2.52. The monoisotopic (exact) mass is 287 g/mol. The first kappa shape index (κ1) is 15.0. The summed E-state index contributed by atoms with van der Waals surface area (Å²) >= 11 is 0. The molecular weight excluding hydrogens is 274 g/mol. The fourth-order valence-electron chi connectivity index (χ4n) is 1.42. The number of sulfonamides is 1. The fraction of sp³-hybridized carbons (Fsp3) is 0.273. The van der Waals surface area contributed by atoms with Crippen LogP contribution in [0.25, 0.3) is 0 Å². The van der Waals surface area contributed by atoms with Crippen molar-refractivity contribution >= 4 is 27.6 Å². The van der Waals surface area contributed by atoms with Crippen LogP contribution in [0.5, 0.6) is 0 Å². The van der Waals surface area contributed by atoms with E-state index in [2.05, 4.69) is 4.72 Å². The quantitative estimate of drug-likeness (QED) is 0.715. The lowest BCUT2D eigenvalue weighted by molar-refractivity contribution is -0.136. The van der Waals surface area contributed by atoms with Crippen LogP contribution in [-0.2, 0) is 14.8 Å². The van der Waals surface area contributed by atoms with Crippen LogP contribution in [0.15, 0.2) is 18.2 Å². The summed E-state index contributed by atoms with van der Waals surface area (Å²) in [4.78, 5) is 21.2. The number of hydrogen-bond acceptors (Lipinski definition) is 4. The molecule has 1 rings (SSSR count). The summed E-state index contributed by atoms with van der Waals surface area (Å²) < 4.78 is 25.4. The van der Waals surface area contributed by atoms with Crippen LogP contribution in [0.2, 0.25) is 0 Å².